The Morgan fingerprint density at radius 2 is 2.36 bits per heavy atom. The van der Waals surface area contributed by atoms with E-state index in [2.05, 4.69) is 5.32 Å². The minimum absolute atomic E-state index is 0.192. The summed E-state index contributed by atoms with van der Waals surface area (Å²) in [6.07, 6.45) is 7.14. The van der Waals surface area contributed by atoms with Crippen LogP contribution in [0.3, 0.4) is 0 Å². The number of fused-ring (bicyclic) bond motifs is 2. The van der Waals surface area contributed by atoms with Gasteiger partial charge in [-0.05, 0) is 24.1 Å². The average Bonchev–Trinajstić information content (AvgIpc) is 2.65. The van der Waals surface area contributed by atoms with Crippen LogP contribution in [0, 0.1) is 0 Å². The van der Waals surface area contributed by atoms with Gasteiger partial charge in [0.05, 0.1) is 0 Å². The lowest BCUT2D eigenvalue weighted by atomic mass is 9.94. The number of aliphatic hydroxyl groups excluding tert-OH is 1. The van der Waals surface area contributed by atoms with Crippen LogP contribution in [-0.4, -0.2) is 11.7 Å². The third kappa shape index (κ3) is 0.985. The van der Waals surface area contributed by atoms with Crippen molar-refractivity contribution in [1.29, 1.82) is 0 Å². The second-order valence-corrected chi connectivity index (χ2v) is 3.62. The predicted molar refractivity (Wildman–Crippen MR) is 52.2 cm³/mol. The molecule has 2 aliphatic heterocycles. The molecular weight excluding hydrogens is 178 g/mol. The molecule has 3 rings (SSSR count). The predicted octanol–water partition coefficient (Wildman–Crippen LogP) is 1.88. The molecule has 0 bridgehead atoms. The summed E-state index contributed by atoms with van der Waals surface area (Å²) in [5, 5.41) is 12.7. The first-order chi connectivity index (χ1) is 6.84. The lowest BCUT2D eigenvalue weighted by molar-refractivity contribution is 0.309. The Balaban J connectivity index is 2.08. The minimum Gasteiger partial charge on any atom is -0.505 e. The van der Waals surface area contributed by atoms with Crippen molar-refractivity contribution in [2.24, 2.45) is 0 Å². The minimum atomic E-state index is 0.192. The van der Waals surface area contributed by atoms with E-state index in [9.17, 15) is 5.11 Å². The van der Waals surface area contributed by atoms with E-state index >= 15 is 0 Å². The van der Waals surface area contributed by atoms with Crippen molar-refractivity contribution in [3.8, 4) is 0 Å². The molecule has 1 aliphatic carbocycles. The molecule has 0 aromatic rings. The van der Waals surface area contributed by atoms with E-state index in [-0.39, 0.29) is 5.76 Å². The molecule has 14 heavy (non-hydrogen) atoms. The average molecular weight is 189 g/mol. The highest BCUT2D eigenvalue weighted by Gasteiger charge is 2.26. The van der Waals surface area contributed by atoms with Gasteiger partial charge in [0.15, 0.2) is 5.76 Å². The van der Waals surface area contributed by atoms with E-state index < -0.39 is 0 Å². The Kier molecular flexibility index (Phi) is 1.48. The van der Waals surface area contributed by atoms with Crippen LogP contribution in [0.1, 0.15) is 12.8 Å². The summed E-state index contributed by atoms with van der Waals surface area (Å²) >= 11 is 0. The fraction of sp³-hybridized carbons (Fsp3) is 0.273. The molecule has 0 saturated carbocycles. The number of hydrogen-bond acceptors (Lipinski definition) is 3. The van der Waals surface area contributed by atoms with Crippen LogP contribution >= 0.6 is 0 Å². The smallest absolute Gasteiger partial charge is 0.151 e. The number of aliphatic hydroxyl groups is 1. The lowest BCUT2D eigenvalue weighted by Crippen LogP contribution is -2.11. The second kappa shape index (κ2) is 2.67. The molecule has 0 fully saturated rings. The highest BCUT2D eigenvalue weighted by atomic mass is 16.5. The number of nitrogens with one attached hydrogen (secondary N) is 1. The number of ether oxygens (including phenoxy) is 1. The summed E-state index contributed by atoms with van der Waals surface area (Å²) in [4.78, 5) is 0. The molecule has 0 aromatic carbocycles. The first-order valence-electron chi connectivity index (χ1n) is 4.79. The molecule has 0 saturated heterocycles. The van der Waals surface area contributed by atoms with E-state index in [0.717, 1.165) is 30.7 Å². The number of rotatable bonds is 0. The van der Waals surface area contributed by atoms with Crippen LogP contribution in [0.5, 0.6) is 0 Å². The summed E-state index contributed by atoms with van der Waals surface area (Å²) < 4.78 is 5.32. The van der Waals surface area contributed by atoms with Gasteiger partial charge in [0.2, 0.25) is 0 Å². The summed E-state index contributed by atoms with van der Waals surface area (Å²) in [6.45, 7) is 0.994. The van der Waals surface area contributed by atoms with Crippen molar-refractivity contribution >= 4 is 0 Å². The number of hydrogen-bond donors (Lipinski definition) is 2. The zero-order valence-corrected chi connectivity index (χ0v) is 7.71. The van der Waals surface area contributed by atoms with E-state index in [1.54, 1.807) is 6.08 Å². The van der Waals surface area contributed by atoms with Gasteiger partial charge in [-0.2, -0.15) is 0 Å². The van der Waals surface area contributed by atoms with Gasteiger partial charge in [0.25, 0.3) is 0 Å². The third-order valence-corrected chi connectivity index (χ3v) is 2.76. The van der Waals surface area contributed by atoms with Crippen LogP contribution in [0.4, 0.5) is 0 Å². The normalized spacial score (nSPS) is 23.9. The summed E-state index contributed by atoms with van der Waals surface area (Å²) in [6, 6.07) is 0. The van der Waals surface area contributed by atoms with Crippen LogP contribution < -0.4 is 5.32 Å². The topological polar surface area (TPSA) is 41.5 Å². The van der Waals surface area contributed by atoms with E-state index in [1.165, 1.54) is 17.5 Å². The Hall–Kier alpha value is -1.64. The Labute approximate surface area is 82.1 Å². The van der Waals surface area contributed by atoms with Crippen molar-refractivity contribution in [3.63, 3.8) is 0 Å². The maximum absolute atomic E-state index is 9.36. The highest BCUT2D eigenvalue weighted by Crippen LogP contribution is 2.36. The van der Waals surface area contributed by atoms with Crippen molar-refractivity contribution in [1.82, 2.24) is 5.32 Å². The Morgan fingerprint density at radius 1 is 1.43 bits per heavy atom. The van der Waals surface area contributed by atoms with Gasteiger partial charge in [0.1, 0.15) is 12.0 Å². The van der Waals surface area contributed by atoms with Crippen LogP contribution in [0.2, 0.25) is 0 Å². The zero-order chi connectivity index (χ0) is 9.54. The van der Waals surface area contributed by atoms with Gasteiger partial charge in [-0.15, -0.1) is 0 Å². The molecule has 2 heterocycles. The maximum Gasteiger partial charge on any atom is 0.151 e. The Bertz CT molecular complexity index is 413. The highest BCUT2D eigenvalue weighted by molar-refractivity contribution is 5.54. The molecule has 2 N–H and O–H groups in total. The molecule has 72 valence electrons. The maximum atomic E-state index is 9.36. The van der Waals surface area contributed by atoms with E-state index in [0.29, 0.717) is 0 Å². The van der Waals surface area contributed by atoms with Gasteiger partial charge >= 0.3 is 0 Å². The lowest BCUT2D eigenvalue weighted by Gasteiger charge is -2.21. The second-order valence-electron chi connectivity index (χ2n) is 3.62. The van der Waals surface area contributed by atoms with Gasteiger partial charge in [-0.3, -0.25) is 0 Å². The molecule has 0 radical (unpaired) electrons. The van der Waals surface area contributed by atoms with Crippen LogP contribution in [0.25, 0.3) is 0 Å². The molecule has 3 heteroatoms. The third-order valence-electron chi connectivity index (χ3n) is 2.76. The zero-order valence-electron chi connectivity index (χ0n) is 7.71. The first-order valence-corrected chi connectivity index (χ1v) is 4.79. The summed E-state index contributed by atoms with van der Waals surface area (Å²) in [5.41, 5.74) is 3.61. The van der Waals surface area contributed by atoms with Crippen LogP contribution in [0.15, 0.2) is 46.8 Å². The molecule has 0 unspecified atom stereocenters. The van der Waals surface area contributed by atoms with E-state index in [4.69, 9.17) is 4.74 Å². The fourth-order valence-electron chi connectivity index (χ4n) is 2.12. The van der Waals surface area contributed by atoms with Crippen molar-refractivity contribution in [2.45, 2.75) is 12.8 Å². The largest absolute Gasteiger partial charge is 0.505 e. The van der Waals surface area contributed by atoms with Crippen LogP contribution in [-0.2, 0) is 4.74 Å². The SMILES string of the molecule is OC1=COC2=CCC3=C(CCN3)C2=C1. The molecule has 0 atom stereocenters. The van der Waals surface area contributed by atoms with Gasteiger partial charge < -0.3 is 15.2 Å². The van der Waals surface area contributed by atoms with Gasteiger partial charge in [-0.1, -0.05) is 0 Å². The molecule has 3 nitrogen and oxygen atoms in total. The van der Waals surface area contributed by atoms with Crippen molar-refractivity contribution in [2.75, 3.05) is 6.54 Å². The molecule has 0 amide bonds. The summed E-state index contributed by atoms with van der Waals surface area (Å²) in [5.74, 6) is 1.07. The molecule has 0 aromatic heterocycles. The van der Waals surface area contributed by atoms with Crippen molar-refractivity contribution < 1.29 is 9.84 Å². The standard InChI is InChI=1S/C11H11NO2/c13-7-5-9-8-3-4-12-10(8)1-2-11(9)14-6-7/h2,5-6,12-13H,1,3-4H2. The van der Waals surface area contributed by atoms with Gasteiger partial charge in [-0.25, -0.2) is 0 Å². The molecule has 3 aliphatic rings. The van der Waals surface area contributed by atoms with E-state index in [1.807, 2.05) is 6.08 Å². The van der Waals surface area contributed by atoms with Crippen molar-refractivity contribution in [3.05, 3.63) is 46.8 Å². The first kappa shape index (κ1) is 7.74. The Morgan fingerprint density at radius 3 is 3.29 bits per heavy atom. The summed E-state index contributed by atoms with van der Waals surface area (Å²) in [7, 11) is 0. The fourth-order valence-corrected chi connectivity index (χ4v) is 2.12. The van der Waals surface area contributed by atoms with Gasteiger partial charge in [0, 0.05) is 24.2 Å². The quantitative estimate of drug-likeness (QED) is 0.611. The molecule has 0 spiro atoms. The monoisotopic (exact) mass is 189 g/mol. The number of allylic oxidation sites excluding steroid dienone is 3. The molecular formula is C11H11NO2.